The number of benzene rings is 1. The molecular weight excluding hydrogens is 431 g/mol. The van der Waals surface area contributed by atoms with E-state index >= 15 is 0 Å². The SMILES string of the molecule is Cc1cc(Cl)nc(Cl)c1NC(=O)c1cc(Br)cc(Br)c1. The van der Waals surface area contributed by atoms with Crippen LogP contribution in [-0.4, -0.2) is 10.9 Å². The zero-order valence-electron chi connectivity index (χ0n) is 10.2. The monoisotopic (exact) mass is 436 g/mol. The maximum absolute atomic E-state index is 12.2. The Kier molecular flexibility index (Phi) is 5.07. The molecule has 1 amide bonds. The summed E-state index contributed by atoms with van der Waals surface area (Å²) in [7, 11) is 0. The van der Waals surface area contributed by atoms with Crippen molar-refractivity contribution in [1.82, 2.24) is 4.98 Å². The number of nitrogens with one attached hydrogen (secondary N) is 1. The van der Waals surface area contributed by atoms with E-state index < -0.39 is 0 Å². The van der Waals surface area contributed by atoms with Gasteiger partial charge in [0.1, 0.15) is 5.15 Å². The van der Waals surface area contributed by atoms with Gasteiger partial charge in [-0.3, -0.25) is 4.79 Å². The van der Waals surface area contributed by atoms with Gasteiger partial charge in [0.25, 0.3) is 5.91 Å². The van der Waals surface area contributed by atoms with E-state index in [9.17, 15) is 4.79 Å². The summed E-state index contributed by atoms with van der Waals surface area (Å²) in [6.07, 6.45) is 0. The van der Waals surface area contributed by atoms with Gasteiger partial charge in [-0.15, -0.1) is 0 Å². The number of anilines is 1. The molecule has 0 aliphatic carbocycles. The van der Waals surface area contributed by atoms with Gasteiger partial charge in [-0.2, -0.15) is 0 Å². The molecule has 0 atom stereocenters. The number of rotatable bonds is 2. The summed E-state index contributed by atoms with van der Waals surface area (Å²) < 4.78 is 1.60. The van der Waals surface area contributed by atoms with Crippen LogP contribution in [0.25, 0.3) is 0 Å². The molecule has 0 spiro atoms. The van der Waals surface area contributed by atoms with Crippen molar-refractivity contribution in [2.45, 2.75) is 6.92 Å². The Morgan fingerprint density at radius 2 is 1.75 bits per heavy atom. The Morgan fingerprint density at radius 1 is 1.15 bits per heavy atom. The number of carbonyl (C=O) groups is 1. The molecule has 2 rings (SSSR count). The minimum atomic E-state index is -0.277. The summed E-state index contributed by atoms with van der Waals surface area (Å²) in [5, 5.41) is 3.19. The molecule has 0 saturated carbocycles. The maximum atomic E-state index is 12.2. The fraction of sp³-hybridized carbons (Fsp3) is 0.0769. The van der Waals surface area contributed by atoms with E-state index in [1.54, 1.807) is 25.1 Å². The smallest absolute Gasteiger partial charge is 0.255 e. The number of halogens is 4. The molecule has 7 heteroatoms. The number of carbonyl (C=O) groups excluding carboxylic acids is 1. The molecule has 104 valence electrons. The lowest BCUT2D eigenvalue weighted by molar-refractivity contribution is 0.102. The van der Waals surface area contributed by atoms with Crippen LogP contribution in [0.2, 0.25) is 10.3 Å². The fourth-order valence-corrected chi connectivity index (χ4v) is 3.49. The molecule has 1 heterocycles. The lowest BCUT2D eigenvalue weighted by atomic mass is 10.2. The number of nitrogens with zero attached hydrogens (tertiary/aromatic N) is 1. The zero-order chi connectivity index (χ0) is 14.9. The molecule has 1 aromatic carbocycles. The molecule has 0 radical (unpaired) electrons. The first-order valence-corrected chi connectivity index (χ1v) is 7.81. The van der Waals surface area contributed by atoms with Crippen molar-refractivity contribution < 1.29 is 4.79 Å². The number of pyridine rings is 1. The third-order valence-corrected chi connectivity index (χ3v) is 3.89. The molecule has 2 aromatic rings. The quantitative estimate of drug-likeness (QED) is 0.631. The van der Waals surface area contributed by atoms with Gasteiger partial charge in [0, 0.05) is 14.5 Å². The first-order chi connectivity index (χ1) is 9.36. The highest BCUT2D eigenvalue weighted by Gasteiger charge is 2.13. The van der Waals surface area contributed by atoms with Crippen molar-refractivity contribution in [3.05, 3.63) is 54.6 Å². The van der Waals surface area contributed by atoms with Gasteiger partial charge in [-0.25, -0.2) is 4.98 Å². The van der Waals surface area contributed by atoms with Crippen LogP contribution in [0.4, 0.5) is 5.69 Å². The van der Waals surface area contributed by atoms with Crippen molar-refractivity contribution in [3.8, 4) is 0 Å². The summed E-state index contributed by atoms with van der Waals surface area (Å²) in [5.74, 6) is -0.277. The highest BCUT2D eigenvalue weighted by atomic mass is 79.9. The third-order valence-electron chi connectivity index (χ3n) is 2.50. The number of aryl methyl sites for hydroxylation is 1. The topological polar surface area (TPSA) is 42.0 Å². The van der Waals surface area contributed by atoms with Crippen LogP contribution in [0.15, 0.2) is 33.2 Å². The molecule has 3 nitrogen and oxygen atoms in total. The maximum Gasteiger partial charge on any atom is 0.255 e. The summed E-state index contributed by atoms with van der Waals surface area (Å²) in [6, 6.07) is 6.91. The van der Waals surface area contributed by atoms with Gasteiger partial charge in [0.2, 0.25) is 0 Å². The van der Waals surface area contributed by atoms with Gasteiger partial charge in [0.05, 0.1) is 5.69 Å². The molecule has 0 saturated heterocycles. The Balaban J connectivity index is 2.32. The lowest BCUT2D eigenvalue weighted by Gasteiger charge is -2.10. The average molecular weight is 439 g/mol. The molecule has 0 aliphatic rings. The number of hydrogen-bond acceptors (Lipinski definition) is 2. The van der Waals surface area contributed by atoms with Crippen molar-refractivity contribution in [3.63, 3.8) is 0 Å². The first-order valence-electron chi connectivity index (χ1n) is 5.47. The standard InChI is InChI=1S/C13H8Br2Cl2N2O/c1-6-2-10(16)18-12(17)11(6)19-13(20)7-3-8(14)5-9(15)4-7/h2-5H,1H3,(H,19,20). The van der Waals surface area contributed by atoms with E-state index in [-0.39, 0.29) is 16.2 Å². The van der Waals surface area contributed by atoms with E-state index in [0.29, 0.717) is 11.3 Å². The second kappa shape index (κ2) is 6.43. The van der Waals surface area contributed by atoms with Crippen LogP contribution < -0.4 is 5.32 Å². The van der Waals surface area contributed by atoms with Gasteiger partial charge in [0.15, 0.2) is 5.15 Å². The van der Waals surface area contributed by atoms with Gasteiger partial charge < -0.3 is 5.32 Å². The van der Waals surface area contributed by atoms with Gasteiger partial charge in [-0.05, 0) is 36.8 Å². The third kappa shape index (κ3) is 3.73. The van der Waals surface area contributed by atoms with Crippen LogP contribution in [0, 0.1) is 6.92 Å². The highest BCUT2D eigenvalue weighted by Crippen LogP contribution is 2.27. The van der Waals surface area contributed by atoms with E-state index in [4.69, 9.17) is 23.2 Å². The Morgan fingerprint density at radius 3 is 2.30 bits per heavy atom. The molecule has 1 aromatic heterocycles. The normalized spacial score (nSPS) is 10.4. The van der Waals surface area contributed by atoms with Crippen molar-refractivity contribution >= 4 is 66.7 Å². The summed E-state index contributed by atoms with van der Waals surface area (Å²) in [5.41, 5.74) is 1.70. The summed E-state index contributed by atoms with van der Waals surface area (Å²) >= 11 is 18.5. The van der Waals surface area contributed by atoms with Gasteiger partial charge in [-0.1, -0.05) is 55.1 Å². The number of hydrogen-bond donors (Lipinski definition) is 1. The van der Waals surface area contributed by atoms with Crippen molar-refractivity contribution in [2.24, 2.45) is 0 Å². The Labute approximate surface area is 142 Å². The lowest BCUT2D eigenvalue weighted by Crippen LogP contribution is -2.13. The zero-order valence-corrected chi connectivity index (χ0v) is 14.9. The van der Waals surface area contributed by atoms with Crippen LogP contribution in [0.1, 0.15) is 15.9 Å². The van der Waals surface area contributed by atoms with E-state index in [0.717, 1.165) is 14.5 Å². The van der Waals surface area contributed by atoms with E-state index in [2.05, 4.69) is 42.2 Å². The molecule has 0 aliphatic heterocycles. The number of amides is 1. The van der Waals surface area contributed by atoms with Gasteiger partial charge >= 0.3 is 0 Å². The molecule has 0 fully saturated rings. The number of aromatic nitrogens is 1. The molecule has 20 heavy (non-hydrogen) atoms. The molecule has 0 bridgehead atoms. The van der Waals surface area contributed by atoms with Crippen molar-refractivity contribution in [2.75, 3.05) is 5.32 Å². The van der Waals surface area contributed by atoms with Crippen LogP contribution in [-0.2, 0) is 0 Å². The minimum Gasteiger partial charge on any atom is -0.319 e. The molecular formula is C13H8Br2Cl2N2O. The van der Waals surface area contributed by atoms with Crippen LogP contribution >= 0.6 is 55.1 Å². The second-order valence-electron chi connectivity index (χ2n) is 4.04. The average Bonchev–Trinajstić information content (AvgIpc) is 2.32. The second-order valence-corrected chi connectivity index (χ2v) is 6.62. The summed E-state index contributed by atoms with van der Waals surface area (Å²) in [4.78, 5) is 16.1. The Hall–Kier alpha value is -0.620. The molecule has 1 N–H and O–H groups in total. The first kappa shape index (κ1) is 15.8. The Bertz CT molecular complexity index is 649. The van der Waals surface area contributed by atoms with E-state index in [1.807, 2.05) is 6.07 Å². The largest absolute Gasteiger partial charge is 0.319 e. The van der Waals surface area contributed by atoms with Crippen LogP contribution in [0.3, 0.4) is 0 Å². The fourth-order valence-electron chi connectivity index (χ4n) is 1.62. The predicted octanol–water partition coefficient (Wildman–Crippen LogP) is 5.47. The molecule has 0 unspecified atom stereocenters. The predicted molar refractivity (Wildman–Crippen MR) is 88.8 cm³/mol. The minimum absolute atomic E-state index is 0.164. The van der Waals surface area contributed by atoms with E-state index in [1.165, 1.54) is 0 Å². The highest BCUT2D eigenvalue weighted by molar-refractivity contribution is 9.11. The van der Waals surface area contributed by atoms with Crippen LogP contribution in [0.5, 0.6) is 0 Å². The van der Waals surface area contributed by atoms with Crippen molar-refractivity contribution in [1.29, 1.82) is 0 Å². The summed E-state index contributed by atoms with van der Waals surface area (Å²) in [6.45, 7) is 1.80.